The molecule has 0 aromatic heterocycles. The molecule has 3 aromatic carbocycles. The normalized spacial score (nSPS) is 18.5. The highest BCUT2D eigenvalue weighted by Crippen LogP contribution is 2.44. The van der Waals surface area contributed by atoms with Gasteiger partial charge in [0.1, 0.15) is 18.7 Å². The predicted molar refractivity (Wildman–Crippen MR) is 164 cm³/mol. The van der Waals surface area contributed by atoms with Gasteiger partial charge in [-0.25, -0.2) is 9.59 Å². The smallest absolute Gasteiger partial charge is 0.407 e. The van der Waals surface area contributed by atoms with Crippen molar-refractivity contribution in [1.29, 1.82) is 0 Å². The molecule has 220 valence electrons. The van der Waals surface area contributed by atoms with Crippen molar-refractivity contribution in [1.82, 2.24) is 15.1 Å². The van der Waals surface area contributed by atoms with Crippen LogP contribution in [0, 0.1) is 5.92 Å². The third kappa shape index (κ3) is 6.32. The first-order valence-electron chi connectivity index (χ1n) is 14.2. The summed E-state index contributed by atoms with van der Waals surface area (Å²) < 4.78 is 5.77. The zero-order valence-corrected chi connectivity index (χ0v) is 24.9. The molecule has 1 saturated heterocycles. The molecule has 3 atom stereocenters. The third-order valence-corrected chi connectivity index (χ3v) is 9.49. The second-order valence-electron chi connectivity index (χ2n) is 11.3. The van der Waals surface area contributed by atoms with E-state index in [9.17, 15) is 19.5 Å². The number of hydrogen-bond donors (Lipinski definition) is 2. The van der Waals surface area contributed by atoms with Gasteiger partial charge in [0.05, 0.1) is 5.37 Å². The maximum Gasteiger partial charge on any atom is 0.407 e. The molecule has 3 aromatic rings. The Balaban J connectivity index is 1.33. The Morgan fingerprint density at radius 2 is 1.57 bits per heavy atom. The molecule has 5 rings (SSSR count). The summed E-state index contributed by atoms with van der Waals surface area (Å²) in [5.74, 6) is -1.23. The first-order chi connectivity index (χ1) is 20.2. The average Bonchev–Trinajstić information content (AvgIpc) is 3.56. The lowest BCUT2D eigenvalue weighted by Gasteiger charge is -2.34. The van der Waals surface area contributed by atoms with Gasteiger partial charge in [0.2, 0.25) is 5.91 Å². The van der Waals surface area contributed by atoms with E-state index in [2.05, 4.69) is 29.6 Å². The molecule has 2 amide bonds. The van der Waals surface area contributed by atoms with E-state index in [1.165, 1.54) is 16.7 Å². The Bertz CT molecular complexity index is 1390. The zero-order chi connectivity index (χ0) is 29.8. The molecule has 1 fully saturated rings. The molecule has 42 heavy (non-hydrogen) atoms. The van der Waals surface area contributed by atoms with Gasteiger partial charge in [-0.1, -0.05) is 92.7 Å². The van der Waals surface area contributed by atoms with Crippen LogP contribution in [0.2, 0.25) is 0 Å². The number of benzene rings is 3. The van der Waals surface area contributed by atoms with Crippen LogP contribution in [0.4, 0.5) is 4.79 Å². The van der Waals surface area contributed by atoms with E-state index in [0.717, 1.165) is 27.8 Å². The third-order valence-electron chi connectivity index (χ3n) is 7.87. The maximum atomic E-state index is 14.0. The van der Waals surface area contributed by atoms with E-state index in [4.69, 9.17) is 4.74 Å². The van der Waals surface area contributed by atoms with Crippen LogP contribution in [0.15, 0.2) is 78.9 Å². The quantitative estimate of drug-likeness (QED) is 0.343. The Morgan fingerprint density at radius 3 is 2.17 bits per heavy atom. The van der Waals surface area contributed by atoms with Crippen LogP contribution in [0.25, 0.3) is 11.1 Å². The molecule has 1 aliphatic carbocycles. The van der Waals surface area contributed by atoms with Crippen LogP contribution in [0.3, 0.4) is 0 Å². The van der Waals surface area contributed by atoms with Gasteiger partial charge in [-0.2, -0.15) is 0 Å². The fraction of sp³-hybridized carbons (Fsp3) is 0.364. The molecule has 0 spiro atoms. The highest BCUT2D eigenvalue weighted by atomic mass is 32.2. The largest absolute Gasteiger partial charge is 0.480 e. The number of hydrogen-bond acceptors (Lipinski definition) is 6. The Morgan fingerprint density at radius 1 is 0.976 bits per heavy atom. The number of rotatable bonds is 10. The molecule has 9 heteroatoms. The van der Waals surface area contributed by atoms with Crippen molar-refractivity contribution >= 4 is 29.7 Å². The van der Waals surface area contributed by atoms with Gasteiger partial charge >= 0.3 is 12.1 Å². The van der Waals surface area contributed by atoms with Crippen molar-refractivity contribution in [3.8, 4) is 11.1 Å². The number of likely N-dealkylation sites (N-methyl/N-ethyl adjacent to an activating group) is 1. The lowest BCUT2D eigenvalue weighted by Crippen LogP contribution is -2.58. The van der Waals surface area contributed by atoms with Gasteiger partial charge in [-0.15, -0.1) is 11.8 Å². The van der Waals surface area contributed by atoms with Crippen LogP contribution in [0.1, 0.15) is 36.5 Å². The molecule has 3 unspecified atom stereocenters. The highest BCUT2D eigenvalue weighted by Gasteiger charge is 2.45. The number of carboxylic acid groups (broad SMARTS) is 1. The number of nitrogens with one attached hydrogen (secondary N) is 1. The van der Waals surface area contributed by atoms with E-state index in [0.29, 0.717) is 12.3 Å². The second kappa shape index (κ2) is 13.0. The zero-order valence-electron chi connectivity index (χ0n) is 24.1. The van der Waals surface area contributed by atoms with Crippen molar-refractivity contribution in [2.24, 2.45) is 5.92 Å². The molecule has 8 nitrogen and oxygen atoms in total. The molecule has 2 N–H and O–H groups in total. The summed E-state index contributed by atoms with van der Waals surface area (Å²) in [5.41, 5.74) is 5.51. The van der Waals surface area contributed by atoms with Crippen molar-refractivity contribution in [3.63, 3.8) is 0 Å². The molecule has 0 radical (unpaired) electrons. The fourth-order valence-corrected chi connectivity index (χ4v) is 7.41. The van der Waals surface area contributed by atoms with Crippen LogP contribution in [-0.2, 0) is 20.9 Å². The van der Waals surface area contributed by atoms with Crippen LogP contribution < -0.4 is 5.32 Å². The lowest BCUT2D eigenvalue weighted by molar-refractivity contribution is -0.150. The summed E-state index contributed by atoms with van der Waals surface area (Å²) in [6, 6.07) is 24.1. The molecule has 1 heterocycles. The minimum absolute atomic E-state index is 0.0421. The Labute approximate surface area is 251 Å². The number of nitrogens with zero attached hydrogens (tertiary/aromatic N) is 2. The molecular formula is C33H37N3O5S. The monoisotopic (exact) mass is 587 g/mol. The van der Waals surface area contributed by atoms with E-state index in [1.54, 1.807) is 0 Å². The topological polar surface area (TPSA) is 99.2 Å². The molecular weight excluding hydrogens is 550 g/mol. The first kappa shape index (κ1) is 29.7. The second-order valence-corrected chi connectivity index (χ2v) is 12.4. The van der Waals surface area contributed by atoms with Gasteiger partial charge in [0.25, 0.3) is 0 Å². The Kier molecular flexibility index (Phi) is 9.18. The number of aliphatic carboxylic acids is 1. The predicted octanol–water partition coefficient (Wildman–Crippen LogP) is 5.04. The summed E-state index contributed by atoms with van der Waals surface area (Å²) in [6.07, 6.45) is -0.705. The number of amides is 2. The van der Waals surface area contributed by atoms with E-state index in [-0.39, 0.29) is 30.4 Å². The highest BCUT2D eigenvalue weighted by molar-refractivity contribution is 8.00. The van der Waals surface area contributed by atoms with Crippen molar-refractivity contribution in [2.75, 3.05) is 26.0 Å². The number of alkyl carbamates (subject to hydrolysis) is 1. The summed E-state index contributed by atoms with van der Waals surface area (Å²) in [6.45, 7) is 4.81. The number of fused-ring (bicyclic) bond motifs is 3. The number of ether oxygens (including phenoxy) is 1. The van der Waals surface area contributed by atoms with E-state index < -0.39 is 30.1 Å². The minimum Gasteiger partial charge on any atom is -0.480 e. The Hall–Kier alpha value is -3.82. The van der Waals surface area contributed by atoms with Crippen LogP contribution in [-0.4, -0.2) is 76.3 Å². The number of carboxylic acids is 1. The fourth-order valence-electron chi connectivity index (χ4n) is 5.93. The van der Waals surface area contributed by atoms with Crippen LogP contribution in [0.5, 0.6) is 0 Å². The minimum atomic E-state index is -1.04. The standard InChI is InChI=1S/C33H37N3O5S/c1-21(2)31-36(29(20-42-31)32(38)39)30(37)28(18-35(3)17-22-11-5-4-6-12-22)34-33(40)41-19-27-25-15-9-7-13-23(25)24-14-8-10-16-26(24)27/h4-16,21,27-29,31H,17-20H2,1-3H3,(H,34,40)(H,38,39). The van der Waals surface area contributed by atoms with Crippen molar-refractivity contribution < 1.29 is 24.2 Å². The summed E-state index contributed by atoms with van der Waals surface area (Å²) in [7, 11) is 1.88. The van der Waals surface area contributed by atoms with E-state index in [1.807, 2.05) is 80.4 Å². The summed E-state index contributed by atoms with van der Waals surface area (Å²) in [5, 5.41) is 12.4. The molecule has 0 bridgehead atoms. The van der Waals surface area contributed by atoms with Gasteiger partial charge in [0, 0.05) is 24.8 Å². The van der Waals surface area contributed by atoms with E-state index >= 15 is 0 Å². The molecule has 1 aliphatic heterocycles. The van der Waals surface area contributed by atoms with Gasteiger partial charge < -0.3 is 20.1 Å². The lowest BCUT2D eigenvalue weighted by atomic mass is 9.98. The number of carbonyl (C=O) groups is 3. The first-order valence-corrected chi connectivity index (χ1v) is 15.3. The summed E-state index contributed by atoms with van der Waals surface area (Å²) >= 11 is 1.46. The van der Waals surface area contributed by atoms with Crippen LogP contribution >= 0.6 is 11.8 Å². The van der Waals surface area contributed by atoms with Crippen molar-refractivity contribution in [3.05, 3.63) is 95.6 Å². The maximum absolute atomic E-state index is 14.0. The van der Waals surface area contributed by atoms with Gasteiger partial charge in [-0.3, -0.25) is 9.69 Å². The summed E-state index contributed by atoms with van der Waals surface area (Å²) in [4.78, 5) is 42.8. The van der Waals surface area contributed by atoms with Crippen molar-refractivity contribution in [2.45, 2.75) is 43.8 Å². The van der Waals surface area contributed by atoms with Gasteiger partial charge in [-0.05, 0) is 40.8 Å². The molecule has 0 saturated carbocycles. The SMILES string of the molecule is CC(C)C1SCC(C(=O)O)N1C(=O)C(CN(C)Cc1ccccc1)NC(=O)OCC1c2ccccc2-c2ccccc21. The average molecular weight is 588 g/mol. The van der Waals surface area contributed by atoms with Gasteiger partial charge in [0.15, 0.2) is 0 Å². The number of thioether (sulfide) groups is 1. The molecule has 2 aliphatic rings. The number of carbonyl (C=O) groups excluding carboxylic acids is 2.